The molecule has 0 saturated carbocycles. The van der Waals surface area contributed by atoms with Gasteiger partial charge < -0.3 is 11.1 Å². The Hall–Kier alpha value is -3.20. The second-order valence-electron chi connectivity index (χ2n) is 6.76. The summed E-state index contributed by atoms with van der Waals surface area (Å²) in [5.41, 5.74) is 6.72. The number of sulfone groups is 1. The van der Waals surface area contributed by atoms with Crippen molar-refractivity contribution < 1.29 is 17.6 Å². The van der Waals surface area contributed by atoms with Gasteiger partial charge in [0.15, 0.2) is 0 Å². The van der Waals surface area contributed by atoms with Crippen LogP contribution in [0.2, 0.25) is 5.02 Å². The summed E-state index contributed by atoms with van der Waals surface area (Å²) in [6, 6.07) is 19.6. The Labute approximate surface area is 193 Å². The van der Waals surface area contributed by atoms with Gasteiger partial charge in [0, 0.05) is 5.56 Å². The van der Waals surface area contributed by atoms with E-state index in [4.69, 9.17) is 17.3 Å². The second kappa shape index (κ2) is 8.74. The Bertz CT molecular complexity index is 1400. The van der Waals surface area contributed by atoms with E-state index in [1.807, 2.05) is 0 Å². The zero-order chi connectivity index (χ0) is 22.9. The third-order valence-corrected chi connectivity index (χ3v) is 8.09. The average molecular weight is 487 g/mol. The number of nitrogens with two attached hydrogens (primary N) is 1. The number of benzene rings is 3. The largest absolute Gasteiger partial charge is 0.396 e. The number of thiophene rings is 1. The molecule has 0 aliphatic rings. The van der Waals surface area contributed by atoms with Gasteiger partial charge in [-0.2, -0.15) is 0 Å². The van der Waals surface area contributed by atoms with Gasteiger partial charge in [0.1, 0.15) is 20.6 Å². The summed E-state index contributed by atoms with van der Waals surface area (Å²) in [6.45, 7) is 0. The van der Waals surface area contributed by atoms with E-state index in [2.05, 4.69) is 5.32 Å². The topological polar surface area (TPSA) is 89.3 Å². The van der Waals surface area contributed by atoms with Crippen molar-refractivity contribution in [3.63, 3.8) is 0 Å². The monoisotopic (exact) mass is 486 g/mol. The minimum atomic E-state index is -4.07. The highest BCUT2D eigenvalue weighted by Crippen LogP contribution is 2.44. The minimum absolute atomic E-state index is 0.0284. The molecular weight excluding hydrogens is 471 g/mol. The van der Waals surface area contributed by atoms with Gasteiger partial charge in [-0.05, 0) is 48.5 Å². The molecule has 9 heteroatoms. The molecule has 5 nitrogen and oxygen atoms in total. The summed E-state index contributed by atoms with van der Waals surface area (Å²) in [4.78, 5) is 12.9. The van der Waals surface area contributed by atoms with E-state index in [0.717, 1.165) is 23.5 Å². The molecule has 32 heavy (non-hydrogen) atoms. The van der Waals surface area contributed by atoms with Gasteiger partial charge in [-0.15, -0.1) is 11.3 Å². The molecule has 0 amide bonds. The summed E-state index contributed by atoms with van der Waals surface area (Å²) in [7, 11) is -4.07. The molecule has 0 radical (unpaired) electrons. The van der Waals surface area contributed by atoms with Crippen LogP contribution in [-0.4, -0.2) is 14.2 Å². The van der Waals surface area contributed by atoms with Gasteiger partial charge in [0.2, 0.25) is 15.6 Å². The van der Waals surface area contributed by atoms with Crippen molar-refractivity contribution in [3.05, 3.63) is 100 Å². The first-order chi connectivity index (χ1) is 15.3. The van der Waals surface area contributed by atoms with E-state index in [1.165, 1.54) is 24.3 Å². The number of para-hydroxylation sites is 1. The van der Waals surface area contributed by atoms with Crippen LogP contribution < -0.4 is 11.1 Å². The second-order valence-corrected chi connectivity index (χ2v) is 10.1. The summed E-state index contributed by atoms with van der Waals surface area (Å²) in [5, 5.41) is 3.54. The van der Waals surface area contributed by atoms with Crippen molar-refractivity contribution in [2.24, 2.45) is 0 Å². The SMILES string of the molecule is Nc1c(C(=O)c2ccc(F)cc2)sc(Nc2ccccc2Cl)c1S(=O)(=O)c1ccccc1. The lowest BCUT2D eigenvalue weighted by Crippen LogP contribution is -2.08. The molecule has 3 aromatic carbocycles. The number of nitrogen functional groups attached to an aromatic ring is 1. The molecule has 1 heterocycles. The fourth-order valence-corrected chi connectivity index (χ4v) is 6.21. The van der Waals surface area contributed by atoms with Gasteiger partial charge in [0.05, 0.1) is 21.3 Å². The Kier molecular flexibility index (Phi) is 6.01. The third kappa shape index (κ3) is 4.12. The molecular formula is C23H16ClFN2O3S2. The van der Waals surface area contributed by atoms with Gasteiger partial charge in [-0.3, -0.25) is 4.79 Å². The third-order valence-electron chi connectivity index (χ3n) is 4.66. The fraction of sp³-hybridized carbons (Fsp3) is 0. The highest BCUT2D eigenvalue weighted by Gasteiger charge is 2.31. The van der Waals surface area contributed by atoms with Crippen LogP contribution in [0.25, 0.3) is 0 Å². The first kappa shape index (κ1) is 22.0. The van der Waals surface area contributed by atoms with E-state index in [-0.39, 0.29) is 30.9 Å². The molecule has 4 aromatic rings. The van der Waals surface area contributed by atoms with Crippen molar-refractivity contribution in [3.8, 4) is 0 Å². The Morgan fingerprint density at radius 3 is 2.22 bits per heavy atom. The van der Waals surface area contributed by atoms with E-state index >= 15 is 0 Å². The smallest absolute Gasteiger partial charge is 0.211 e. The van der Waals surface area contributed by atoms with Crippen LogP contribution in [0.4, 0.5) is 20.8 Å². The van der Waals surface area contributed by atoms with Crippen molar-refractivity contribution in [2.45, 2.75) is 9.79 Å². The van der Waals surface area contributed by atoms with Crippen LogP contribution in [0, 0.1) is 5.82 Å². The van der Waals surface area contributed by atoms with E-state index < -0.39 is 21.4 Å². The molecule has 0 bridgehead atoms. The van der Waals surface area contributed by atoms with Gasteiger partial charge >= 0.3 is 0 Å². The first-order valence-electron chi connectivity index (χ1n) is 9.33. The molecule has 0 fully saturated rings. The first-order valence-corrected chi connectivity index (χ1v) is 12.0. The van der Waals surface area contributed by atoms with Crippen LogP contribution in [-0.2, 0) is 9.84 Å². The van der Waals surface area contributed by atoms with Crippen LogP contribution in [0.5, 0.6) is 0 Å². The van der Waals surface area contributed by atoms with Crippen LogP contribution >= 0.6 is 22.9 Å². The predicted molar refractivity (Wildman–Crippen MR) is 125 cm³/mol. The maximum Gasteiger partial charge on any atom is 0.211 e. The molecule has 0 aliphatic carbocycles. The molecule has 0 aliphatic heterocycles. The molecule has 4 rings (SSSR count). The number of hydrogen-bond donors (Lipinski definition) is 2. The summed E-state index contributed by atoms with van der Waals surface area (Å²) < 4.78 is 40.2. The van der Waals surface area contributed by atoms with Crippen molar-refractivity contribution in [2.75, 3.05) is 11.1 Å². The van der Waals surface area contributed by atoms with E-state index in [0.29, 0.717) is 10.7 Å². The zero-order valence-electron chi connectivity index (χ0n) is 16.4. The number of nitrogens with one attached hydrogen (secondary N) is 1. The summed E-state index contributed by atoms with van der Waals surface area (Å²) in [5.74, 6) is -1.00. The molecule has 0 unspecified atom stereocenters. The summed E-state index contributed by atoms with van der Waals surface area (Å²) >= 11 is 7.14. The predicted octanol–water partition coefficient (Wildman–Crippen LogP) is 5.93. The lowest BCUT2D eigenvalue weighted by molar-refractivity contribution is 0.104. The normalized spacial score (nSPS) is 11.3. The van der Waals surface area contributed by atoms with Crippen LogP contribution in [0.1, 0.15) is 15.2 Å². The zero-order valence-corrected chi connectivity index (χ0v) is 18.8. The fourth-order valence-electron chi connectivity index (χ4n) is 3.08. The summed E-state index contributed by atoms with van der Waals surface area (Å²) in [6.07, 6.45) is 0. The van der Waals surface area contributed by atoms with Gasteiger partial charge in [-0.1, -0.05) is 41.9 Å². The molecule has 0 saturated heterocycles. The number of anilines is 3. The Balaban J connectivity index is 1.89. The lowest BCUT2D eigenvalue weighted by atomic mass is 10.1. The minimum Gasteiger partial charge on any atom is -0.396 e. The van der Waals surface area contributed by atoms with Gasteiger partial charge in [-0.25, -0.2) is 12.8 Å². The van der Waals surface area contributed by atoms with Crippen molar-refractivity contribution in [1.29, 1.82) is 0 Å². The van der Waals surface area contributed by atoms with Crippen molar-refractivity contribution >= 4 is 54.9 Å². The number of ketones is 1. The van der Waals surface area contributed by atoms with Crippen molar-refractivity contribution in [1.82, 2.24) is 0 Å². The number of carbonyl (C=O) groups excluding carboxylic acids is 1. The van der Waals surface area contributed by atoms with Gasteiger partial charge in [0.25, 0.3) is 0 Å². The molecule has 0 spiro atoms. The molecule has 3 N–H and O–H groups in total. The van der Waals surface area contributed by atoms with E-state index in [9.17, 15) is 17.6 Å². The molecule has 162 valence electrons. The number of carbonyl (C=O) groups is 1. The Morgan fingerprint density at radius 1 is 0.938 bits per heavy atom. The van der Waals surface area contributed by atoms with Crippen LogP contribution in [0.3, 0.4) is 0 Å². The standard InChI is InChI=1S/C23H16ClFN2O3S2/c24-17-8-4-5-9-18(17)27-23-22(32(29,30)16-6-2-1-3-7-16)19(26)21(31-23)20(28)14-10-12-15(25)13-11-14/h1-13,27H,26H2. The quantitative estimate of drug-likeness (QED) is 0.330. The van der Waals surface area contributed by atoms with Crippen LogP contribution in [0.15, 0.2) is 88.7 Å². The van der Waals surface area contributed by atoms with E-state index in [1.54, 1.807) is 42.5 Å². The molecule has 0 atom stereocenters. The average Bonchev–Trinajstić information content (AvgIpc) is 3.12. The lowest BCUT2D eigenvalue weighted by Gasteiger charge is -2.10. The number of hydrogen-bond acceptors (Lipinski definition) is 6. The maximum absolute atomic E-state index is 13.5. The Morgan fingerprint density at radius 2 is 1.56 bits per heavy atom. The molecule has 1 aromatic heterocycles. The highest BCUT2D eigenvalue weighted by molar-refractivity contribution is 7.92. The number of halogens is 2. The maximum atomic E-state index is 13.5. The highest BCUT2D eigenvalue weighted by atomic mass is 35.5. The number of rotatable bonds is 6.